The van der Waals surface area contributed by atoms with Crippen LogP contribution in [0.2, 0.25) is 0 Å². The molecule has 2 aliphatic heterocycles. The molecule has 2 fully saturated rings. The molecular weight excluding hydrogens is 482 g/mol. The fourth-order valence-electron chi connectivity index (χ4n) is 4.29. The first kappa shape index (κ1) is 26.8. The van der Waals surface area contributed by atoms with Gasteiger partial charge in [0.05, 0.1) is 31.8 Å². The summed E-state index contributed by atoms with van der Waals surface area (Å²) in [6.07, 6.45) is 0. The van der Waals surface area contributed by atoms with Crippen molar-refractivity contribution < 1.29 is 27.1 Å². The van der Waals surface area contributed by atoms with Crippen molar-refractivity contribution in [3.63, 3.8) is 0 Å². The summed E-state index contributed by atoms with van der Waals surface area (Å²) in [5.74, 6) is 1.53. The normalized spacial score (nSPS) is 25.5. The van der Waals surface area contributed by atoms with E-state index in [4.69, 9.17) is 27.1 Å². The summed E-state index contributed by atoms with van der Waals surface area (Å²) in [6.45, 7) is 19.3. The van der Waals surface area contributed by atoms with Gasteiger partial charge in [-0.3, -0.25) is 0 Å². The van der Waals surface area contributed by atoms with Gasteiger partial charge in [0.15, 0.2) is 0 Å². The highest BCUT2D eigenvalue weighted by Gasteiger charge is 2.45. The standard InChI is InChI=1S/C27H38O6P2/c1-19-9-11-21(13-23(19)25(3,4)5)32-34-28-15-27(16-29-34)17-30-35(31-18-27)33-22-12-10-20(2)24(14-22)26(6,7)8/h9-14H,15-18H2,1-8H3. The van der Waals surface area contributed by atoms with Crippen LogP contribution in [0.4, 0.5) is 0 Å². The Bertz CT molecular complexity index is 940. The van der Waals surface area contributed by atoms with E-state index in [-0.39, 0.29) is 16.2 Å². The van der Waals surface area contributed by atoms with Gasteiger partial charge in [-0.1, -0.05) is 53.7 Å². The largest absolute Gasteiger partial charge is 0.427 e. The van der Waals surface area contributed by atoms with Crippen molar-refractivity contribution in [2.45, 2.75) is 66.2 Å². The zero-order chi connectivity index (χ0) is 25.4. The van der Waals surface area contributed by atoms with Gasteiger partial charge in [-0.25, -0.2) is 0 Å². The van der Waals surface area contributed by atoms with E-state index in [1.54, 1.807) is 0 Å². The average Bonchev–Trinajstić information content (AvgIpc) is 2.78. The van der Waals surface area contributed by atoms with Crippen molar-refractivity contribution in [1.82, 2.24) is 0 Å². The summed E-state index contributed by atoms with van der Waals surface area (Å²) >= 11 is 0. The minimum atomic E-state index is -1.46. The SMILES string of the molecule is Cc1ccc(OP2OCC3(CO2)COP(Oc2ccc(C)c(C(C)(C)C)c2)OC3)cc1C(C)(C)C. The van der Waals surface area contributed by atoms with Gasteiger partial charge in [0.2, 0.25) is 0 Å². The molecule has 2 heterocycles. The van der Waals surface area contributed by atoms with Gasteiger partial charge in [0.25, 0.3) is 0 Å². The molecule has 4 rings (SSSR count). The van der Waals surface area contributed by atoms with E-state index in [0.717, 1.165) is 11.5 Å². The fraction of sp³-hybridized carbons (Fsp3) is 0.556. The van der Waals surface area contributed by atoms with Crippen LogP contribution >= 0.6 is 17.2 Å². The lowest BCUT2D eigenvalue weighted by Crippen LogP contribution is -2.45. The quantitative estimate of drug-likeness (QED) is 0.382. The second kappa shape index (κ2) is 10.2. The van der Waals surface area contributed by atoms with E-state index < -0.39 is 17.2 Å². The molecule has 6 nitrogen and oxygen atoms in total. The Morgan fingerprint density at radius 2 is 0.971 bits per heavy atom. The van der Waals surface area contributed by atoms with Crippen molar-refractivity contribution in [1.29, 1.82) is 0 Å². The highest BCUT2D eigenvalue weighted by molar-refractivity contribution is 7.42. The molecule has 0 radical (unpaired) electrons. The first-order chi connectivity index (χ1) is 16.3. The van der Waals surface area contributed by atoms with Crippen molar-refractivity contribution >= 4 is 17.2 Å². The molecule has 0 N–H and O–H groups in total. The van der Waals surface area contributed by atoms with Crippen molar-refractivity contribution in [2.75, 3.05) is 26.4 Å². The van der Waals surface area contributed by atoms with Gasteiger partial charge in [-0.2, -0.15) is 0 Å². The lowest BCUT2D eigenvalue weighted by atomic mass is 9.84. The monoisotopic (exact) mass is 520 g/mol. The maximum atomic E-state index is 6.05. The lowest BCUT2D eigenvalue weighted by molar-refractivity contribution is -0.0672. The molecule has 0 atom stereocenters. The topological polar surface area (TPSA) is 55.4 Å². The second-order valence-corrected chi connectivity index (χ2v) is 14.0. The van der Waals surface area contributed by atoms with E-state index in [0.29, 0.717) is 26.4 Å². The molecule has 0 amide bonds. The van der Waals surface area contributed by atoms with Gasteiger partial charge >= 0.3 is 17.2 Å². The fourth-order valence-corrected chi connectivity index (χ4v) is 6.74. The van der Waals surface area contributed by atoms with E-state index in [2.05, 4.69) is 79.7 Å². The van der Waals surface area contributed by atoms with Crippen LogP contribution in [0, 0.1) is 19.3 Å². The van der Waals surface area contributed by atoms with Crippen LogP contribution in [-0.4, -0.2) is 26.4 Å². The number of benzene rings is 2. The molecular formula is C27H38O6P2. The predicted octanol–water partition coefficient (Wildman–Crippen LogP) is 7.89. The summed E-state index contributed by atoms with van der Waals surface area (Å²) in [5, 5.41) is 0. The van der Waals surface area contributed by atoms with Crippen molar-refractivity contribution in [2.24, 2.45) is 5.41 Å². The number of hydrogen-bond donors (Lipinski definition) is 0. The van der Waals surface area contributed by atoms with Crippen LogP contribution in [-0.2, 0) is 28.9 Å². The molecule has 2 aromatic rings. The molecule has 35 heavy (non-hydrogen) atoms. The molecule has 2 aromatic carbocycles. The summed E-state index contributed by atoms with van der Waals surface area (Å²) in [4.78, 5) is 0. The van der Waals surface area contributed by atoms with Gasteiger partial charge in [0, 0.05) is 0 Å². The first-order valence-corrected chi connectivity index (χ1v) is 14.2. The van der Waals surface area contributed by atoms with E-state index in [1.807, 2.05) is 12.1 Å². The van der Waals surface area contributed by atoms with Gasteiger partial charge < -0.3 is 27.1 Å². The van der Waals surface area contributed by atoms with Crippen LogP contribution in [0.5, 0.6) is 11.5 Å². The molecule has 0 aliphatic carbocycles. The Balaban J connectivity index is 1.29. The third-order valence-electron chi connectivity index (χ3n) is 6.30. The highest BCUT2D eigenvalue weighted by atomic mass is 31.2. The number of rotatable bonds is 4. The molecule has 8 heteroatoms. The molecule has 0 aromatic heterocycles. The second-order valence-electron chi connectivity index (χ2n) is 11.7. The van der Waals surface area contributed by atoms with E-state index in [1.165, 1.54) is 22.3 Å². The Hall–Kier alpha value is -1.26. The third kappa shape index (κ3) is 6.55. The van der Waals surface area contributed by atoms with E-state index in [9.17, 15) is 0 Å². The van der Waals surface area contributed by atoms with Crippen LogP contribution in [0.25, 0.3) is 0 Å². The summed E-state index contributed by atoms with van der Waals surface area (Å²) in [7, 11) is -2.93. The molecule has 192 valence electrons. The van der Waals surface area contributed by atoms with Gasteiger partial charge in [0.1, 0.15) is 11.5 Å². The molecule has 0 saturated carbocycles. The predicted molar refractivity (Wildman–Crippen MR) is 141 cm³/mol. The van der Waals surface area contributed by atoms with Crippen molar-refractivity contribution in [3.05, 3.63) is 58.7 Å². The van der Waals surface area contributed by atoms with Gasteiger partial charge in [-0.05, 0) is 71.2 Å². The molecule has 2 saturated heterocycles. The average molecular weight is 521 g/mol. The summed E-state index contributed by atoms with van der Waals surface area (Å²) < 4.78 is 36.0. The summed E-state index contributed by atoms with van der Waals surface area (Å²) in [5.41, 5.74) is 4.74. The Labute approximate surface area is 212 Å². The first-order valence-electron chi connectivity index (χ1n) is 12.0. The van der Waals surface area contributed by atoms with Crippen LogP contribution < -0.4 is 9.05 Å². The molecule has 0 bridgehead atoms. The Kier molecular flexibility index (Phi) is 7.84. The maximum absolute atomic E-state index is 6.05. The highest BCUT2D eigenvalue weighted by Crippen LogP contribution is 2.53. The van der Waals surface area contributed by atoms with Crippen LogP contribution in [0.3, 0.4) is 0 Å². The Morgan fingerprint density at radius 1 is 0.629 bits per heavy atom. The van der Waals surface area contributed by atoms with Crippen molar-refractivity contribution in [3.8, 4) is 11.5 Å². The zero-order valence-corrected chi connectivity index (χ0v) is 23.9. The molecule has 0 unspecified atom stereocenters. The van der Waals surface area contributed by atoms with Crippen LogP contribution in [0.1, 0.15) is 63.8 Å². The van der Waals surface area contributed by atoms with E-state index >= 15 is 0 Å². The Morgan fingerprint density at radius 3 is 1.29 bits per heavy atom. The van der Waals surface area contributed by atoms with Crippen LogP contribution in [0.15, 0.2) is 36.4 Å². The molecule has 1 spiro atoms. The summed E-state index contributed by atoms with van der Waals surface area (Å²) in [6, 6.07) is 12.3. The number of aryl methyl sites for hydroxylation is 2. The van der Waals surface area contributed by atoms with Gasteiger partial charge in [-0.15, -0.1) is 0 Å². The molecule has 2 aliphatic rings. The third-order valence-corrected chi connectivity index (χ3v) is 8.38. The smallest absolute Gasteiger partial charge is 0.397 e. The lowest BCUT2D eigenvalue weighted by Gasteiger charge is -2.41. The minimum absolute atomic E-state index is 0.0408. The number of hydrogen-bond acceptors (Lipinski definition) is 6. The maximum Gasteiger partial charge on any atom is 0.397 e. The minimum Gasteiger partial charge on any atom is -0.427 e. The zero-order valence-electron chi connectivity index (χ0n) is 22.1.